The first-order valence-electron chi connectivity index (χ1n) is 3.28. The molecule has 0 aliphatic heterocycles. The molecule has 12 heavy (non-hydrogen) atoms. The molecule has 0 rings (SSSR count). The van der Waals surface area contributed by atoms with Crippen LogP contribution in [0.2, 0.25) is 0 Å². The molecule has 68 valence electrons. The predicted molar refractivity (Wildman–Crippen MR) is 41.2 cm³/mol. The van der Waals surface area contributed by atoms with Gasteiger partial charge in [-0.1, -0.05) is 19.0 Å². The van der Waals surface area contributed by atoms with Crippen LogP contribution in [0.1, 0.15) is 13.8 Å². The standard InChI is InChI=1S/C6H11N3O3/c1-6(2,8-9-7)4(10)5(11)12-3/h4,10H,1-3H3. The van der Waals surface area contributed by atoms with Crippen LogP contribution in [0.5, 0.6) is 0 Å². The zero-order valence-electron chi connectivity index (χ0n) is 7.18. The van der Waals surface area contributed by atoms with Gasteiger partial charge in [0.2, 0.25) is 0 Å². The highest BCUT2D eigenvalue weighted by Crippen LogP contribution is 2.15. The number of carbonyl (C=O) groups excluding carboxylic acids is 1. The van der Waals surface area contributed by atoms with Gasteiger partial charge in [-0.25, -0.2) is 4.79 Å². The summed E-state index contributed by atoms with van der Waals surface area (Å²) in [5.41, 5.74) is 6.92. The molecule has 0 heterocycles. The number of methoxy groups -OCH3 is 1. The number of esters is 1. The van der Waals surface area contributed by atoms with Crippen LogP contribution in [-0.2, 0) is 9.53 Å². The van der Waals surface area contributed by atoms with Crippen LogP contribution in [0.4, 0.5) is 0 Å². The van der Waals surface area contributed by atoms with Gasteiger partial charge in [0.05, 0.1) is 12.6 Å². The fourth-order valence-corrected chi connectivity index (χ4v) is 0.570. The van der Waals surface area contributed by atoms with Crippen LogP contribution >= 0.6 is 0 Å². The Morgan fingerprint density at radius 2 is 2.25 bits per heavy atom. The Morgan fingerprint density at radius 1 is 1.75 bits per heavy atom. The van der Waals surface area contributed by atoms with Crippen molar-refractivity contribution in [1.29, 1.82) is 0 Å². The van der Waals surface area contributed by atoms with E-state index >= 15 is 0 Å². The summed E-state index contributed by atoms with van der Waals surface area (Å²) in [5.74, 6) is -0.813. The number of hydrogen-bond donors (Lipinski definition) is 1. The maximum absolute atomic E-state index is 10.8. The fourth-order valence-electron chi connectivity index (χ4n) is 0.570. The van der Waals surface area contributed by atoms with Crippen LogP contribution < -0.4 is 0 Å². The molecule has 1 atom stereocenters. The lowest BCUT2D eigenvalue weighted by atomic mass is 9.99. The predicted octanol–water partition coefficient (Wildman–Crippen LogP) is 0.609. The van der Waals surface area contributed by atoms with Gasteiger partial charge in [-0.15, -0.1) is 0 Å². The Balaban J connectivity index is 4.55. The first kappa shape index (κ1) is 10.7. The van der Waals surface area contributed by atoms with Crippen LogP contribution in [-0.4, -0.2) is 29.8 Å². The molecule has 1 N–H and O–H groups in total. The number of aliphatic hydroxyl groups excluding tert-OH is 1. The molecule has 0 spiro atoms. The van der Waals surface area contributed by atoms with E-state index in [4.69, 9.17) is 5.53 Å². The molecule has 0 bridgehead atoms. The summed E-state index contributed by atoms with van der Waals surface area (Å²) in [7, 11) is 1.15. The van der Waals surface area contributed by atoms with Crippen molar-refractivity contribution in [1.82, 2.24) is 0 Å². The van der Waals surface area contributed by atoms with Gasteiger partial charge in [0, 0.05) is 4.91 Å². The third kappa shape index (κ3) is 2.41. The van der Waals surface area contributed by atoms with Gasteiger partial charge in [0.1, 0.15) is 0 Å². The van der Waals surface area contributed by atoms with Gasteiger partial charge in [-0.05, 0) is 5.53 Å². The molecular weight excluding hydrogens is 162 g/mol. The van der Waals surface area contributed by atoms with E-state index in [0.717, 1.165) is 7.11 Å². The number of rotatable bonds is 3. The maximum atomic E-state index is 10.8. The SMILES string of the molecule is COC(=O)C(O)C(C)(C)N=[N+]=[N-]. The molecule has 0 radical (unpaired) electrons. The van der Waals surface area contributed by atoms with E-state index in [2.05, 4.69) is 14.8 Å². The van der Waals surface area contributed by atoms with Gasteiger partial charge >= 0.3 is 5.97 Å². The van der Waals surface area contributed by atoms with Crippen molar-refractivity contribution in [2.45, 2.75) is 25.5 Å². The van der Waals surface area contributed by atoms with Gasteiger partial charge in [-0.3, -0.25) is 0 Å². The van der Waals surface area contributed by atoms with Crippen molar-refractivity contribution in [3.8, 4) is 0 Å². The van der Waals surface area contributed by atoms with Crippen molar-refractivity contribution in [3.05, 3.63) is 10.4 Å². The molecule has 6 nitrogen and oxygen atoms in total. The third-order valence-electron chi connectivity index (χ3n) is 1.40. The zero-order chi connectivity index (χ0) is 9.78. The highest BCUT2D eigenvalue weighted by atomic mass is 16.5. The summed E-state index contributed by atoms with van der Waals surface area (Å²) in [4.78, 5) is 13.3. The normalized spacial score (nSPS) is 13.0. The Kier molecular flexibility index (Phi) is 3.53. The molecule has 1 unspecified atom stereocenters. The van der Waals surface area contributed by atoms with Crippen molar-refractivity contribution in [3.63, 3.8) is 0 Å². The van der Waals surface area contributed by atoms with E-state index in [1.165, 1.54) is 13.8 Å². The van der Waals surface area contributed by atoms with Gasteiger partial charge in [0.25, 0.3) is 0 Å². The Hall–Kier alpha value is -1.26. The van der Waals surface area contributed by atoms with Crippen LogP contribution in [0, 0.1) is 0 Å². The third-order valence-corrected chi connectivity index (χ3v) is 1.40. The molecule has 6 heteroatoms. The molecule has 0 fully saturated rings. The molecule has 0 aliphatic carbocycles. The number of hydrogen-bond acceptors (Lipinski definition) is 4. The molecule has 0 aromatic rings. The second-order valence-electron chi connectivity index (χ2n) is 2.77. The minimum atomic E-state index is -1.43. The van der Waals surface area contributed by atoms with Gasteiger partial charge in [0.15, 0.2) is 6.10 Å². The molecule has 0 aliphatic rings. The van der Waals surface area contributed by atoms with Crippen molar-refractivity contribution in [2.24, 2.45) is 5.11 Å². The molecule has 0 saturated heterocycles. The summed E-state index contributed by atoms with van der Waals surface area (Å²) in [6, 6.07) is 0. The summed E-state index contributed by atoms with van der Waals surface area (Å²) in [5, 5.41) is 12.5. The van der Waals surface area contributed by atoms with Crippen LogP contribution in [0.25, 0.3) is 10.4 Å². The molecule has 0 aromatic heterocycles. The number of aliphatic hydroxyl groups is 1. The summed E-state index contributed by atoms with van der Waals surface area (Å²) < 4.78 is 4.27. The number of ether oxygens (including phenoxy) is 1. The molecular formula is C6H11N3O3. The molecule has 0 amide bonds. The first-order chi connectivity index (χ1) is 5.45. The van der Waals surface area contributed by atoms with Crippen molar-refractivity contribution < 1.29 is 14.6 Å². The van der Waals surface area contributed by atoms with E-state index < -0.39 is 17.6 Å². The largest absolute Gasteiger partial charge is 0.467 e. The van der Waals surface area contributed by atoms with Gasteiger partial charge < -0.3 is 9.84 Å². The minimum absolute atomic E-state index is 0.813. The maximum Gasteiger partial charge on any atom is 0.335 e. The highest BCUT2D eigenvalue weighted by molar-refractivity contribution is 5.75. The fraction of sp³-hybridized carbons (Fsp3) is 0.833. The van der Waals surface area contributed by atoms with E-state index in [1.54, 1.807) is 0 Å². The second kappa shape index (κ2) is 3.94. The average Bonchev–Trinajstić information content (AvgIpc) is 2.01. The Labute approximate surface area is 69.8 Å². The average molecular weight is 173 g/mol. The van der Waals surface area contributed by atoms with Gasteiger partial charge in [-0.2, -0.15) is 0 Å². The smallest absolute Gasteiger partial charge is 0.335 e. The summed E-state index contributed by atoms with van der Waals surface area (Å²) in [6.07, 6.45) is -1.43. The topological polar surface area (TPSA) is 95.3 Å². The lowest BCUT2D eigenvalue weighted by molar-refractivity contribution is -0.153. The lowest BCUT2D eigenvalue weighted by Gasteiger charge is -2.22. The van der Waals surface area contributed by atoms with E-state index in [-0.39, 0.29) is 0 Å². The molecule has 0 saturated carbocycles. The molecule has 0 aromatic carbocycles. The zero-order valence-corrected chi connectivity index (χ0v) is 7.18. The highest BCUT2D eigenvalue weighted by Gasteiger charge is 2.33. The van der Waals surface area contributed by atoms with E-state index in [0.29, 0.717) is 0 Å². The monoisotopic (exact) mass is 173 g/mol. The lowest BCUT2D eigenvalue weighted by Crippen LogP contribution is -2.40. The van der Waals surface area contributed by atoms with E-state index in [1.807, 2.05) is 0 Å². The Bertz CT molecular complexity index is 220. The number of nitrogens with zero attached hydrogens (tertiary/aromatic N) is 3. The quantitative estimate of drug-likeness (QED) is 0.293. The number of carbonyl (C=O) groups is 1. The summed E-state index contributed by atoms with van der Waals surface area (Å²) in [6.45, 7) is 2.88. The Morgan fingerprint density at radius 3 is 2.58 bits per heavy atom. The van der Waals surface area contributed by atoms with Crippen molar-refractivity contribution >= 4 is 5.97 Å². The minimum Gasteiger partial charge on any atom is -0.467 e. The summed E-state index contributed by atoms with van der Waals surface area (Å²) >= 11 is 0. The first-order valence-corrected chi connectivity index (χ1v) is 3.28. The van der Waals surface area contributed by atoms with Crippen LogP contribution in [0.3, 0.4) is 0 Å². The van der Waals surface area contributed by atoms with Crippen LogP contribution in [0.15, 0.2) is 5.11 Å². The van der Waals surface area contributed by atoms with E-state index in [9.17, 15) is 9.90 Å². The van der Waals surface area contributed by atoms with Crippen molar-refractivity contribution in [2.75, 3.05) is 7.11 Å². The number of azide groups is 1. The second-order valence-corrected chi connectivity index (χ2v) is 2.77.